The van der Waals surface area contributed by atoms with Crippen LogP contribution in [0.2, 0.25) is 0 Å². The van der Waals surface area contributed by atoms with Crippen molar-refractivity contribution in [2.24, 2.45) is 0 Å². The molecule has 1 amide bonds. The van der Waals surface area contributed by atoms with Crippen LogP contribution in [-0.2, 0) is 11.3 Å². The van der Waals surface area contributed by atoms with E-state index in [-0.39, 0.29) is 5.91 Å². The second-order valence-corrected chi connectivity index (χ2v) is 3.70. The Morgan fingerprint density at radius 2 is 2.06 bits per heavy atom. The molecule has 0 aliphatic heterocycles. The second kappa shape index (κ2) is 6.96. The van der Waals surface area contributed by atoms with Gasteiger partial charge in [-0.1, -0.05) is 6.07 Å². The van der Waals surface area contributed by atoms with Crippen LogP contribution in [0.4, 0.5) is 8.78 Å². The van der Waals surface area contributed by atoms with E-state index in [0.717, 1.165) is 6.07 Å². The fourth-order valence-corrected chi connectivity index (χ4v) is 1.38. The summed E-state index contributed by atoms with van der Waals surface area (Å²) in [5, 5.41) is 5.59. The first-order chi connectivity index (χ1) is 8.13. The number of amides is 1. The minimum Gasteiger partial charge on any atom is -0.359 e. The summed E-state index contributed by atoms with van der Waals surface area (Å²) in [6.07, 6.45) is 1.17. The maximum atomic E-state index is 12.9. The summed E-state index contributed by atoms with van der Waals surface area (Å²) < 4.78 is 25.5. The van der Waals surface area contributed by atoms with Crippen LogP contribution in [0.15, 0.2) is 18.2 Å². The van der Waals surface area contributed by atoms with E-state index >= 15 is 0 Å². The Morgan fingerprint density at radius 3 is 2.71 bits per heavy atom. The molecule has 0 saturated carbocycles. The first kappa shape index (κ1) is 13.6. The maximum absolute atomic E-state index is 12.9. The molecule has 0 radical (unpaired) electrons. The van der Waals surface area contributed by atoms with Crippen LogP contribution in [0.3, 0.4) is 0 Å². The number of rotatable bonds is 6. The average Bonchev–Trinajstić information content (AvgIpc) is 2.33. The molecule has 1 aromatic rings. The van der Waals surface area contributed by atoms with Crippen molar-refractivity contribution in [3.63, 3.8) is 0 Å². The van der Waals surface area contributed by atoms with E-state index in [4.69, 9.17) is 0 Å². The highest BCUT2D eigenvalue weighted by Gasteiger charge is 2.02. The zero-order chi connectivity index (χ0) is 12.7. The molecule has 0 saturated heterocycles. The zero-order valence-corrected chi connectivity index (χ0v) is 9.72. The van der Waals surface area contributed by atoms with Gasteiger partial charge in [-0.15, -0.1) is 0 Å². The first-order valence-electron chi connectivity index (χ1n) is 5.48. The molecule has 1 aromatic carbocycles. The Labute approximate surface area is 99.2 Å². The molecule has 94 valence electrons. The summed E-state index contributed by atoms with van der Waals surface area (Å²) >= 11 is 0. The van der Waals surface area contributed by atoms with Crippen molar-refractivity contribution in [1.82, 2.24) is 10.6 Å². The van der Waals surface area contributed by atoms with Gasteiger partial charge in [0.05, 0.1) is 0 Å². The number of hydrogen-bond acceptors (Lipinski definition) is 2. The van der Waals surface area contributed by atoms with Crippen molar-refractivity contribution in [3.8, 4) is 0 Å². The van der Waals surface area contributed by atoms with Crippen molar-refractivity contribution in [2.45, 2.75) is 19.4 Å². The first-order valence-corrected chi connectivity index (χ1v) is 5.48. The lowest BCUT2D eigenvalue weighted by atomic mass is 10.2. The quantitative estimate of drug-likeness (QED) is 0.744. The number of carbonyl (C=O) groups excluding carboxylic acids is 1. The van der Waals surface area contributed by atoms with Gasteiger partial charge in [-0.25, -0.2) is 8.78 Å². The summed E-state index contributed by atoms with van der Waals surface area (Å²) in [6.45, 7) is 1.12. The molecule has 1 rings (SSSR count). The lowest BCUT2D eigenvalue weighted by Gasteiger charge is -2.05. The Morgan fingerprint density at radius 1 is 1.29 bits per heavy atom. The predicted molar refractivity (Wildman–Crippen MR) is 61.4 cm³/mol. The van der Waals surface area contributed by atoms with Crippen LogP contribution >= 0.6 is 0 Å². The van der Waals surface area contributed by atoms with Crippen molar-refractivity contribution >= 4 is 5.91 Å². The SMILES string of the molecule is CNC(=O)CCCNCc1ccc(F)c(F)c1. The Balaban J connectivity index is 2.22. The van der Waals surface area contributed by atoms with Crippen molar-refractivity contribution < 1.29 is 13.6 Å². The highest BCUT2D eigenvalue weighted by atomic mass is 19.2. The number of nitrogens with one attached hydrogen (secondary N) is 2. The molecule has 0 aliphatic carbocycles. The summed E-state index contributed by atoms with van der Waals surface area (Å²) in [7, 11) is 1.59. The van der Waals surface area contributed by atoms with Gasteiger partial charge in [-0.3, -0.25) is 4.79 Å². The van der Waals surface area contributed by atoms with Gasteiger partial charge < -0.3 is 10.6 Å². The van der Waals surface area contributed by atoms with E-state index in [0.29, 0.717) is 31.5 Å². The number of benzene rings is 1. The molecule has 0 aliphatic rings. The molecular weight excluding hydrogens is 226 g/mol. The number of carbonyl (C=O) groups is 1. The second-order valence-electron chi connectivity index (χ2n) is 3.70. The third-order valence-corrected chi connectivity index (χ3v) is 2.35. The molecule has 3 nitrogen and oxygen atoms in total. The predicted octanol–water partition coefficient (Wildman–Crippen LogP) is 1.58. The molecule has 17 heavy (non-hydrogen) atoms. The lowest BCUT2D eigenvalue weighted by Crippen LogP contribution is -2.21. The molecular formula is C12H16F2N2O. The van der Waals surface area contributed by atoms with Crippen molar-refractivity contribution in [3.05, 3.63) is 35.4 Å². The smallest absolute Gasteiger partial charge is 0.219 e. The van der Waals surface area contributed by atoms with Crippen molar-refractivity contribution in [1.29, 1.82) is 0 Å². The Bertz CT molecular complexity index is 383. The van der Waals surface area contributed by atoms with E-state index in [2.05, 4.69) is 10.6 Å². The van der Waals surface area contributed by atoms with Gasteiger partial charge in [0.25, 0.3) is 0 Å². The molecule has 5 heteroatoms. The topological polar surface area (TPSA) is 41.1 Å². The van der Waals surface area contributed by atoms with Gasteiger partial charge in [0.15, 0.2) is 11.6 Å². The van der Waals surface area contributed by atoms with Crippen molar-refractivity contribution in [2.75, 3.05) is 13.6 Å². The van der Waals surface area contributed by atoms with Gasteiger partial charge in [0.2, 0.25) is 5.91 Å². The van der Waals surface area contributed by atoms with E-state index in [1.165, 1.54) is 12.1 Å². The van der Waals surface area contributed by atoms with Gasteiger partial charge >= 0.3 is 0 Å². The highest BCUT2D eigenvalue weighted by molar-refractivity contribution is 5.75. The normalized spacial score (nSPS) is 10.3. The molecule has 0 aromatic heterocycles. The molecule has 0 bridgehead atoms. The largest absolute Gasteiger partial charge is 0.359 e. The van der Waals surface area contributed by atoms with E-state index in [9.17, 15) is 13.6 Å². The zero-order valence-electron chi connectivity index (χ0n) is 9.72. The molecule has 0 heterocycles. The average molecular weight is 242 g/mol. The van der Waals surface area contributed by atoms with E-state index in [1.807, 2.05) is 0 Å². The number of hydrogen-bond donors (Lipinski definition) is 2. The standard InChI is InChI=1S/C12H16F2N2O/c1-15-12(17)3-2-6-16-8-9-4-5-10(13)11(14)7-9/h4-5,7,16H,2-3,6,8H2,1H3,(H,15,17). The molecule has 0 unspecified atom stereocenters. The van der Waals surface area contributed by atoms with Crippen LogP contribution < -0.4 is 10.6 Å². The maximum Gasteiger partial charge on any atom is 0.219 e. The fraction of sp³-hybridized carbons (Fsp3) is 0.417. The summed E-state index contributed by atoms with van der Waals surface area (Å²) in [5.41, 5.74) is 0.684. The molecule has 2 N–H and O–H groups in total. The van der Waals surface area contributed by atoms with Gasteiger partial charge in [-0.05, 0) is 30.7 Å². The third kappa shape index (κ3) is 4.91. The summed E-state index contributed by atoms with van der Waals surface area (Å²) in [6, 6.07) is 3.81. The highest BCUT2D eigenvalue weighted by Crippen LogP contribution is 2.08. The fourth-order valence-electron chi connectivity index (χ4n) is 1.38. The minimum atomic E-state index is -0.839. The molecule has 0 spiro atoms. The van der Waals surface area contributed by atoms with Gasteiger partial charge in [-0.2, -0.15) is 0 Å². The van der Waals surface area contributed by atoms with Crippen LogP contribution in [0.25, 0.3) is 0 Å². The molecule has 0 fully saturated rings. The Hall–Kier alpha value is -1.49. The van der Waals surface area contributed by atoms with Crippen LogP contribution in [0.5, 0.6) is 0 Å². The summed E-state index contributed by atoms with van der Waals surface area (Å²) in [5.74, 6) is -1.68. The van der Waals surface area contributed by atoms with Crippen LogP contribution in [0, 0.1) is 11.6 Å². The van der Waals surface area contributed by atoms with Gasteiger partial charge in [0, 0.05) is 20.0 Å². The van der Waals surface area contributed by atoms with E-state index < -0.39 is 11.6 Å². The van der Waals surface area contributed by atoms with E-state index in [1.54, 1.807) is 7.05 Å². The molecule has 0 atom stereocenters. The van der Waals surface area contributed by atoms with Gasteiger partial charge in [0.1, 0.15) is 0 Å². The minimum absolute atomic E-state index is 0.000346. The third-order valence-electron chi connectivity index (χ3n) is 2.35. The number of halogens is 2. The lowest BCUT2D eigenvalue weighted by molar-refractivity contribution is -0.120. The van der Waals surface area contributed by atoms with Crippen LogP contribution in [-0.4, -0.2) is 19.5 Å². The Kier molecular flexibility index (Phi) is 5.56. The van der Waals surface area contributed by atoms with Crippen LogP contribution in [0.1, 0.15) is 18.4 Å². The summed E-state index contributed by atoms with van der Waals surface area (Å²) in [4.78, 5) is 10.9. The monoisotopic (exact) mass is 242 g/mol.